The summed E-state index contributed by atoms with van der Waals surface area (Å²) in [7, 11) is 0. The predicted octanol–water partition coefficient (Wildman–Crippen LogP) is 18.0. The summed E-state index contributed by atoms with van der Waals surface area (Å²) in [5.41, 5.74) is 17.6. The molecule has 0 bridgehead atoms. The van der Waals surface area contributed by atoms with Gasteiger partial charge in [0.05, 0.1) is 11.1 Å². The number of nitrogens with zero attached hydrogens (tertiary/aromatic N) is 1. The van der Waals surface area contributed by atoms with Gasteiger partial charge in [-0.05, 0) is 127 Å². The van der Waals surface area contributed by atoms with Gasteiger partial charge in [-0.3, -0.25) is 0 Å². The minimum Gasteiger partial charge on any atom is -0.310 e. The quantitative estimate of drug-likeness (QED) is 0.147. The van der Waals surface area contributed by atoms with E-state index < -0.39 is 5.41 Å². The van der Waals surface area contributed by atoms with Gasteiger partial charge >= 0.3 is 0 Å². The smallest absolute Gasteiger partial charge is 0.0714 e. The van der Waals surface area contributed by atoms with E-state index in [-0.39, 0.29) is 0 Å². The summed E-state index contributed by atoms with van der Waals surface area (Å²) in [6, 6.07) is 96.5. The van der Waals surface area contributed by atoms with Crippen LogP contribution in [-0.2, 0) is 5.41 Å². The molecule has 0 amide bonds. The highest BCUT2D eigenvalue weighted by Gasteiger charge is 2.46. The Morgan fingerprint density at radius 2 is 0.866 bits per heavy atom. The minimum absolute atomic E-state index is 0.528. The topological polar surface area (TPSA) is 3.24 Å². The Morgan fingerprint density at radius 3 is 1.69 bits per heavy atom. The van der Waals surface area contributed by atoms with E-state index in [1.165, 1.54) is 97.7 Å². The Balaban J connectivity index is 1.01. The molecule has 0 N–H and O–H groups in total. The molecular formula is C65H43NS. The van der Waals surface area contributed by atoms with Crippen LogP contribution in [0.5, 0.6) is 0 Å². The fourth-order valence-electron chi connectivity index (χ4n) is 11.0. The van der Waals surface area contributed by atoms with Crippen molar-refractivity contribution in [1.29, 1.82) is 0 Å². The molecule has 0 spiro atoms. The Bertz CT molecular complexity index is 3760. The average molecular weight is 870 g/mol. The summed E-state index contributed by atoms with van der Waals surface area (Å²) in [6.07, 6.45) is 0. The molecule has 1 aliphatic carbocycles. The molecule has 1 heterocycles. The maximum absolute atomic E-state index is 2.48. The molecule has 0 aliphatic heterocycles. The van der Waals surface area contributed by atoms with Crippen molar-refractivity contribution < 1.29 is 0 Å². The molecule has 1 nitrogen and oxygen atoms in total. The third-order valence-corrected chi connectivity index (χ3v) is 15.1. The van der Waals surface area contributed by atoms with Crippen LogP contribution in [0.4, 0.5) is 17.1 Å². The SMILES string of the molecule is c1ccc(C2(c3ccccc3)c3ccccc3-c3ccc(N(c4ccc(-c5cccc(-c6cccc7ccccc67)c5)cc4)c4ccccc4-c4ccc5sc6ccccc6c5c4)cc32)cc1. The molecule has 67 heavy (non-hydrogen) atoms. The molecule has 1 aromatic heterocycles. The number of benzene rings is 11. The Kier molecular flexibility index (Phi) is 9.33. The van der Waals surface area contributed by atoms with Crippen LogP contribution in [0.15, 0.2) is 261 Å². The molecule has 0 atom stereocenters. The minimum atomic E-state index is -0.528. The summed E-state index contributed by atoms with van der Waals surface area (Å²) >= 11 is 1.86. The fraction of sp³-hybridized carbons (Fsp3) is 0.0154. The van der Waals surface area contributed by atoms with Crippen molar-refractivity contribution in [2.75, 3.05) is 4.90 Å². The Labute approximate surface area is 395 Å². The highest BCUT2D eigenvalue weighted by Crippen LogP contribution is 2.57. The number of para-hydroxylation sites is 1. The van der Waals surface area contributed by atoms with Gasteiger partial charge in [0, 0.05) is 37.1 Å². The van der Waals surface area contributed by atoms with Crippen molar-refractivity contribution in [3.63, 3.8) is 0 Å². The third-order valence-electron chi connectivity index (χ3n) is 14.0. The maximum Gasteiger partial charge on any atom is 0.0714 e. The van der Waals surface area contributed by atoms with E-state index >= 15 is 0 Å². The van der Waals surface area contributed by atoms with Gasteiger partial charge in [0.1, 0.15) is 0 Å². The average Bonchev–Trinajstić information content (AvgIpc) is 3.93. The van der Waals surface area contributed by atoms with Crippen LogP contribution >= 0.6 is 11.3 Å². The molecule has 11 aromatic carbocycles. The molecule has 0 saturated heterocycles. The third kappa shape index (κ3) is 6.37. The summed E-state index contributed by atoms with van der Waals surface area (Å²) in [6.45, 7) is 0. The molecule has 314 valence electrons. The second kappa shape index (κ2) is 16.0. The zero-order valence-electron chi connectivity index (χ0n) is 36.7. The summed E-state index contributed by atoms with van der Waals surface area (Å²) in [5, 5.41) is 5.11. The number of fused-ring (bicyclic) bond motifs is 7. The van der Waals surface area contributed by atoms with E-state index in [1.54, 1.807) is 0 Å². The first kappa shape index (κ1) is 39.1. The zero-order valence-corrected chi connectivity index (χ0v) is 37.5. The zero-order chi connectivity index (χ0) is 44.3. The molecule has 0 radical (unpaired) electrons. The maximum atomic E-state index is 2.48. The van der Waals surface area contributed by atoms with E-state index in [1.807, 2.05) is 11.3 Å². The van der Waals surface area contributed by atoms with Gasteiger partial charge in [-0.1, -0.05) is 206 Å². The molecule has 1 aliphatic rings. The van der Waals surface area contributed by atoms with E-state index in [9.17, 15) is 0 Å². The predicted molar refractivity (Wildman–Crippen MR) is 285 cm³/mol. The number of thiophene rings is 1. The summed E-state index contributed by atoms with van der Waals surface area (Å²) in [5.74, 6) is 0. The lowest BCUT2D eigenvalue weighted by atomic mass is 9.67. The standard InChI is InChI=1S/C65H43NS/c1-3-21-49(22-4-1)65(50-23-5-2-6-24-50)60-30-12-9-27-56(60)57-39-38-52(43-61(57)65)66(62-31-13-10-26-55(62)48-35-40-64-59(42-48)58-28-11-14-32-63(58)67-64)51-36-33-44(34-37-51)46-19-15-20-47(41-46)54-29-16-18-45-17-7-8-25-53(45)54/h1-43H. The lowest BCUT2D eigenvalue weighted by molar-refractivity contribution is 0.768. The molecule has 0 fully saturated rings. The van der Waals surface area contributed by atoms with Gasteiger partial charge < -0.3 is 4.90 Å². The number of anilines is 3. The van der Waals surface area contributed by atoms with E-state index in [0.29, 0.717) is 0 Å². The first-order valence-electron chi connectivity index (χ1n) is 23.1. The summed E-state index contributed by atoms with van der Waals surface area (Å²) < 4.78 is 2.61. The lowest BCUT2D eigenvalue weighted by Gasteiger charge is -2.35. The van der Waals surface area contributed by atoms with Gasteiger partial charge in [-0.25, -0.2) is 0 Å². The molecule has 0 unspecified atom stereocenters. The molecule has 13 rings (SSSR count). The van der Waals surface area contributed by atoms with Gasteiger partial charge in [-0.15, -0.1) is 11.3 Å². The first-order chi connectivity index (χ1) is 33.2. The van der Waals surface area contributed by atoms with Crippen molar-refractivity contribution in [1.82, 2.24) is 0 Å². The van der Waals surface area contributed by atoms with E-state index in [0.717, 1.165) is 17.1 Å². The molecule has 2 heteroatoms. The largest absolute Gasteiger partial charge is 0.310 e. The highest BCUT2D eigenvalue weighted by molar-refractivity contribution is 7.25. The van der Waals surface area contributed by atoms with Gasteiger partial charge in [-0.2, -0.15) is 0 Å². The van der Waals surface area contributed by atoms with Crippen LogP contribution in [0.25, 0.3) is 75.5 Å². The van der Waals surface area contributed by atoms with E-state index in [2.05, 4.69) is 266 Å². The Morgan fingerprint density at radius 1 is 0.299 bits per heavy atom. The van der Waals surface area contributed by atoms with Gasteiger partial charge in [0.2, 0.25) is 0 Å². The number of rotatable bonds is 8. The second-order valence-electron chi connectivity index (χ2n) is 17.6. The normalized spacial score (nSPS) is 12.6. The first-order valence-corrected chi connectivity index (χ1v) is 23.9. The summed E-state index contributed by atoms with van der Waals surface area (Å²) in [4.78, 5) is 2.48. The number of hydrogen-bond donors (Lipinski definition) is 0. The van der Waals surface area contributed by atoms with Gasteiger partial charge in [0.25, 0.3) is 0 Å². The molecule has 12 aromatic rings. The van der Waals surface area contributed by atoms with Crippen LogP contribution in [0.2, 0.25) is 0 Å². The monoisotopic (exact) mass is 869 g/mol. The highest BCUT2D eigenvalue weighted by atomic mass is 32.1. The fourth-order valence-corrected chi connectivity index (χ4v) is 12.0. The Hall–Kier alpha value is -8.30. The van der Waals surface area contributed by atoms with Gasteiger partial charge in [0.15, 0.2) is 0 Å². The lowest BCUT2D eigenvalue weighted by Crippen LogP contribution is -2.28. The molecule has 0 saturated carbocycles. The van der Waals surface area contributed by atoms with Crippen LogP contribution in [0, 0.1) is 0 Å². The van der Waals surface area contributed by atoms with Crippen molar-refractivity contribution in [2.45, 2.75) is 5.41 Å². The number of hydrogen-bond acceptors (Lipinski definition) is 2. The van der Waals surface area contributed by atoms with E-state index in [4.69, 9.17) is 0 Å². The second-order valence-corrected chi connectivity index (χ2v) is 18.7. The van der Waals surface area contributed by atoms with Crippen LogP contribution in [0.1, 0.15) is 22.3 Å². The van der Waals surface area contributed by atoms with Crippen molar-refractivity contribution in [3.05, 3.63) is 283 Å². The van der Waals surface area contributed by atoms with Crippen molar-refractivity contribution in [3.8, 4) is 44.5 Å². The van der Waals surface area contributed by atoms with Crippen LogP contribution < -0.4 is 4.90 Å². The van der Waals surface area contributed by atoms with Crippen molar-refractivity contribution >= 4 is 59.3 Å². The van der Waals surface area contributed by atoms with Crippen molar-refractivity contribution in [2.24, 2.45) is 0 Å². The van der Waals surface area contributed by atoms with Crippen LogP contribution in [0.3, 0.4) is 0 Å². The van der Waals surface area contributed by atoms with Crippen LogP contribution in [-0.4, -0.2) is 0 Å². The molecular weight excluding hydrogens is 827 g/mol.